The van der Waals surface area contributed by atoms with Crippen LogP contribution in [-0.2, 0) is 13.1 Å². The van der Waals surface area contributed by atoms with E-state index in [0.717, 1.165) is 45.1 Å². The summed E-state index contributed by atoms with van der Waals surface area (Å²) < 4.78 is 2.07. The second-order valence-electron chi connectivity index (χ2n) is 7.46. The Labute approximate surface area is 176 Å². The molecule has 0 aliphatic heterocycles. The molecule has 0 amide bonds. The van der Waals surface area contributed by atoms with Crippen molar-refractivity contribution in [1.29, 1.82) is 0 Å². The molecule has 6 heteroatoms. The topological polar surface area (TPSA) is 57.5 Å². The van der Waals surface area contributed by atoms with Gasteiger partial charge in [-0.25, -0.2) is 9.98 Å². The number of nitrogens with zero attached hydrogens (tertiary/aromatic N) is 4. The molecule has 1 unspecified atom stereocenters. The zero-order valence-corrected chi connectivity index (χ0v) is 18.6. The van der Waals surface area contributed by atoms with Crippen LogP contribution in [0.5, 0.6) is 0 Å². The quantitative estimate of drug-likeness (QED) is 0.424. The van der Waals surface area contributed by atoms with Gasteiger partial charge in [-0.2, -0.15) is 0 Å². The molecule has 2 rings (SSSR count). The first-order chi connectivity index (χ1) is 14.1. The molecule has 0 saturated carbocycles. The van der Waals surface area contributed by atoms with Crippen LogP contribution < -0.4 is 10.6 Å². The van der Waals surface area contributed by atoms with Gasteiger partial charge >= 0.3 is 0 Å². The standard InChI is InChI=1S/C23H38N6/c1-5-25-23(27-20(4)9-8-15-28(6-2)7-3)26-17-21-10-12-22(13-11-21)18-29-16-14-24-19-29/h10-14,16,19-20H,5-9,15,17-18H2,1-4H3,(H2,25,26,27). The number of aliphatic imine (C=N–C) groups is 1. The fourth-order valence-electron chi connectivity index (χ4n) is 3.30. The van der Waals surface area contributed by atoms with Crippen molar-refractivity contribution in [3.05, 3.63) is 54.1 Å². The van der Waals surface area contributed by atoms with Crippen LogP contribution in [0.25, 0.3) is 0 Å². The molecule has 0 radical (unpaired) electrons. The van der Waals surface area contributed by atoms with E-state index in [1.165, 1.54) is 17.5 Å². The van der Waals surface area contributed by atoms with Gasteiger partial charge in [0.15, 0.2) is 5.96 Å². The van der Waals surface area contributed by atoms with Gasteiger partial charge in [0.05, 0.1) is 12.9 Å². The number of guanidine groups is 1. The molecule has 0 fully saturated rings. The lowest BCUT2D eigenvalue weighted by atomic mass is 10.1. The van der Waals surface area contributed by atoms with Crippen molar-refractivity contribution in [3.63, 3.8) is 0 Å². The Balaban J connectivity index is 1.82. The Morgan fingerprint density at radius 2 is 1.86 bits per heavy atom. The maximum Gasteiger partial charge on any atom is 0.191 e. The molecule has 1 atom stereocenters. The van der Waals surface area contributed by atoms with Crippen molar-refractivity contribution in [2.24, 2.45) is 4.99 Å². The minimum atomic E-state index is 0.404. The largest absolute Gasteiger partial charge is 0.357 e. The predicted octanol–water partition coefficient (Wildman–Crippen LogP) is 3.50. The first-order valence-electron chi connectivity index (χ1n) is 10.9. The van der Waals surface area contributed by atoms with Gasteiger partial charge < -0.3 is 20.1 Å². The van der Waals surface area contributed by atoms with Crippen LogP contribution in [0.15, 0.2) is 48.0 Å². The van der Waals surface area contributed by atoms with Gasteiger partial charge in [-0.05, 0) is 57.5 Å². The number of hydrogen-bond donors (Lipinski definition) is 2. The highest BCUT2D eigenvalue weighted by Gasteiger charge is 2.07. The van der Waals surface area contributed by atoms with Gasteiger partial charge in [0.2, 0.25) is 0 Å². The predicted molar refractivity (Wildman–Crippen MR) is 122 cm³/mol. The van der Waals surface area contributed by atoms with Gasteiger partial charge in [0.1, 0.15) is 0 Å². The zero-order chi connectivity index (χ0) is 20.9. The maximum atomic E-state index is 4.77. The Morgan fingerprint density at radius 1 is 1.14 bits per heavy atom. The molecule has 6 nitrogen and oxygen atoms in total. The fraction of sp³-hybridized carbons (Fsp3) is 0.565. The minimum absolute atomic E-state index is 0.404. The summed E-state index contributed by atoms with van der Waals surface area (Å²) in [6.45, 7) is 14.6. The van der Waals surface area contributed by atoms with Gasteiger partial charge in [-0.1, -0.05) is 38.1 Å². The summed E-state index contributed by atoms with van der Waals surface area (Å²) in [5.74, 6) is 0.894. The van der Waals surface area contributed by atoms with Crippen LogP contribution in [0, 0.1) is 0 Å². The maximum absolute atomic E-state index is 4.77. The second kappa shape index (κ2) is 13.0. The number of imidazole rings is 1. The molecule has 0 spiro atoms. The summed E-state index contributed by atoms with van der Waals surface area (Å²) in [7, 11) is 0. The number of nitrogens with one attached hydrogen (secondary N) is 2. The average Bonchev–Trinajstić information content (AvgIpc) is 3.24. The summed E-state index contributed by atoms with van der Waals surface area (Å²) >= 11 is 0. The number of aromatic nitrogens is 2. The molecular formula is C23H38N6. The van der Waals surface area contributed by atoms with E-state index in [9.17, 15) is 0 Å². The lowest BCUT2D eigenvalue weighted by Gasteiger charge is -2.21. The molecule has 0 aliphatic carbocycles. The van der Waals surface area contributed by atoms with E-state index in [-0.39, 0.29) is 0 Å². The van der Waals surface area contributed by atoms with Crippen molar-refractivity contribution >= 4 is 5.96 Å². The number of rotatable bonds is 12. The van der Waals surface area contributed by atoms with Crippen LogP contribution in [0.3, 0.4) is 0 Å². The lowest BCUT2D eigenvalue weighted by molar-refractivity contribution is 0.292. The molecule has 1 aromatic heterocycles. The minimum Gasteiger partial charge on any atom is -0.357 e. The number of hydrogen-bond acceptors (Lipinski definition) is 3. The van der Waals surface area contributed by atoms with E-state index in [1.54, 1.807) is 0 Å². The Kier molecular flexibility index (Phi) is 10.3. The summed E-state index contributed by atoms with van der Waals surface area (Å²) in [4.78, 5) is 11.3. The second-order valence-corrected chi connectivity index (χ2v) is 7.46. The molecule has 0 saturated heterocycles. The first kappa shape index (κ1) is 22.9. The van der Waals surface area contributed by atoms with Crippen molar-refractivity contribution in [2.45, 2.75) is 59.7 Å². The summed E-state index contributed by atoms with van der Waals surface area (Å²) in [6, 6.07) is 9.06. The van der Waals surface area contributed by atoms with Crippen LogP contribution in [0.2, 0.25) is 0 Å². The van der Waals surface area contributed by atoms with Crippen molar-refractivity contribution in [1.82, 2.24) is 25.1 Å². The van der Waals surface area contributed by atoms with Crippen LogP contribution in [0.1, 0.15) is 51.7 Å². The molecule has 1 heterocycles. The molecule has 2 N–H and O–H groups in total. The first-order valence-corrected chi connectivity index (χ1v) is 10.9. The number of benzene rings is 1. The summed E-state index contributed by atoms with van der Waals surface area (Å²) in [6.07, 6.45) is 7.98. The summed E-state index contributed by atoms with van der Waals surface area (Å²) in [5.41, 5.74) is 2.48. The van der Waals surface area contributed by atoms with E-state index in [4.69, 9.17) is 4.99 Å². The average molecular weight is 399 g/mol. The van der Waals surface area contributed by atoms with Crippen LogP contribution >= 0.6 is 0 Å². The Hall–Kier alpha value is -2.34. The van der Waals surface area contributed by atoms with E-state index >= 15 is 0 Å². The SMILES string of the molecule is CCNC(=NCc1ccc(Cn2ccnc2)cc1)NC(C)CCCN(CC)CC. The summed E-state index contributed by atoms with van der Waals surface area (Å²) in [5, 5.41) is 6.91. The van der Waals surface area contributed by atoms with Crippen LogP contribution in [0.4, 0.5) is 0 Å². The van der Waals surface area contributed by atoms with Gasteiger partial charge in [0.25, 0.3) is 0 Å². The van der Waals surface area contributed by atoms with Crippen molar-refractivity contribution in [2.75, 3.05) is 26.2 Å². The van der Waals surface area contributed by atoms with E-state index < -0.39 is 0 Å². The third kappa shape index (κ3) is 8.69. The smallest absolute Gasteiger partial charge is 0.191 e. The molecular weight excluding hydrogens is 360 g/mol. The zero-order valence-electron chi connectivity index (χ0n) is 18.6. The van der Waals surface area contributed by atoms with Gasteiger partial charge in [0, 0.05) is 31.5 Å². The third-order valence-electron chi connectivity index (χ3n) is 5.10. The lowest BCUT2D eigenvalue weighted by Crippen LogP contribution is -2.42. The molecule has 29 heavy (non-hydrogen) atoms. The Bertz CT molecular complexity index is 689. The monoisotopic (exact) mass is 398 g/mol. The van der Waals surface area contributed by atoms with E-state index in [0.29, 0.717) is 12.6 Å². The molecule has 2 aromatic rings. The molecule has 160 valence electrons. The van der Waals surface area contributed by atoms with Crippen molar-refractivity contribution < 1.29 is 0 Å². The normalized spacial score (nSPS) is 12.9. The molecule has 1 aromatic carbocycles. The highest BCUT2D eigenvalue weighted by atomic mass is 15.2. The van der Waals surface area contributed by atoms with Gasteiger partial charge in [-0.15, -0.1) is 0 Å². The highest BCUT2D eigenvalue weighted by molar-refractivity contribution is 5.80. The van der Waals surface area contributed by atoms with E-state index in [2.05, 4.69) is 77.0 Å². The Morgan fingerprint density at radius 3 is 2.48 bits per heavy atom. The highest BCUT2D eigenvalue weighted by Crippen LogP contribution is 2.08. The van der Waals surface area contributed by atoms with E-state index in [1.807, 2.05) is 18.7 Å². The third-order valence-corrected chi connectivity index (χ3v) is 5.10. The van der Waals surface area contributed by atoms with Gasteiger partial charge in [-0.3, -0.25) is 0 Å². The van der Waals surface area contributed by atoms with Crippen LogP contribution in [-0.4, -0.2) is 52.6 Å². The molecule has 0 aliphatic rings. The van der Waals surface area contributed by atoms with Crippen molar-refractivity contribution in [3.8, 4) is 0 Å². The molecule has 0 bridgehead atoms. The fourth-order valence-corrected chi connectivity index (χ4v) is 3.30.